The molecule has 0 atom stereocenters. The molecule has 3 aromatic carbocycles. The van der Waals surface area contributed by atoms with Gasteiger partial charge in [-0.2, -0.15) is 5.26 Å². The molecule has 0 heterocycles. The first-order chi connectivity index (χ1) is 14.0. The normalized spacial score (nSPS) is 10.6. The topological polar surface area (TPSA) is 23.8 Å². The molecule has 146 valence electrons. The third kappa shape index (κ3) is 5.14. The molecule has 0 aliphatic carbocycles. The van der Waals surface area contributed by atoms with Crippen LogP contribution in [0, 0.1) is 28.8 Å². The fraction of sp³-hybridized carbons (Fsp3) is 0.160. The van der Waals surface area contributed by atoms with Gasteiger partial charge in [0.15, 0.2) is 0 Å². The zero-order valence-corrected chi connectivity index (χ0v) is 15.9. The summed E-state index contributed by atoms with van der Waals surface area (Å²) in [5.74, 6) is -2.10. The van der Waals surface area contributed by atoms with Crippen molar-refractivity contribution in [2.45, 2.75) is 25.7 Å². The highest BCUT2D eigenvalue weighted by Gasteiger charge is 2.11. The van der Waals surface area contributed by atoms with E-state index in [9.17, 15) is 13.2 Å². The van der Waals surface area contributed by atoms with Gasteiger partial charge in [0.2, 0.25) is 0 Å². The van der Waals surface area contributed by atoms with Crippen LogP contribution in [0.2, 0.25) is 0 Å². The van der Waals surface area contributed by atoms with Gasteiger partial charge in [-0.3, -0.25) is 0 Å². The summed E-state index contributed by atoms with van der Waals surface area (Å²) < 4.78 is 41.8. The van der Waals surface area contributed by atoms with Gasteiger partial charge >= 0.3 is 0 Å². The van der Waals surface area contributed by atoms with Crippen molar-refractivity contribution in [2.24, 2.45) is 0 Å². The van der Waals surface area contributed by atoms with Crippen molar-refractivity contribution >= 4 is 6.08 Å². The predicted molar refractivity (Wildman–Crippen MR) is 109 cm³/mol. The lowest BCUT2D eigenvalue weighted by atomic mass is 9.99. The van der Waals surface area contributed by atoms with Crippen LogP contribution in [-0.2, 0) is 25.7 Å². The van der Waals surface area contributed by atoms with Gasteiger partial charge in [-0.1, -0.05) is 49.1 Å². The summed E-state index contributed by atoms with van der Waals surface area (Å²) in [5, 5.41) is 8.72. The van der Waals surface area contributed by atoms with Gasteiger partial charge in [0.05, 0.1) is 0 Å². The smallest absolute Gasteiger partial charge is 0.144 e. The minimum atomic E-state index is -0.889. The molecule has 0 aromatic heterocycles. The Morgan fingerprint density at radius 3 is 1.86 bits per heavy atom. The summed E-state index contributed by atoms with van der Waals surface area (Å²) in [6.45, 7) is 3.73. The Bertz CT molecular complexity index is 1040. The lowest BCUT2D eigenvalue weighted by Crippen LogP contribution is -2.00. The Morgan fingerprint density at radius 2 is 1.28 bits per heavy atom. The molecule has 1 nitrogen and oxygen atoms in total. The van der Waals surface area contributed by atoms with Crippen LogP contribution in [0.15, 0.2) is 61.2 Å². The van der Waals surface area contributed by atoms with Crippen molar-refractivity contribution < 1.29 is 13.2 Å². The molecular weight excluding hydrogens is 371 g/mol. The van der Waals surface area contributed by atoms with E-state index in [0.717, 1.165) is 36.1 Å². The Labute approximate surface area is 168 Å². The maximum atomic E-state index is 14.5. The van der Waals surface area contributed by atoms with Crippen LogP contribution in [0.5, 0.6) is 0 Å². The van der Waals surface area contributed by atoms with Gasteiger partial charge in [-0.15, -0.1) is 0 Å². The van der Waals surface area contributed by atoms with Gasteiger partial charge in [0.1, 0.15) is 29.1 Å². The number of halogens is 3. The Kier molecular flexibility index (Phi) is 6.51. The van der Waals surface area contributed by atoms with E-state index < -0.39 is 17.2 Å². The maximum absolute atomic E-state index is 14.5. The minimum Gasteiger partial charge on any atom is -0.207 e. The first kappa shape index (κ1) is 20.4. The number of hydrogen-bond donors (Lipinski definition) is 0. The molecule has 0 aliphatic rings. The first-order valence-corrected chi connectivity index (χ1v) is 9.37. The summed E-state index contributed by atoms with van der Waals surface area (Å²) in [4.78, 5) is 0. The first-order valence-electron chi connectivity index (χ1n) is 9.37. The van der Waals surface area contributed by atoms with Crippen LogP contribution in [0.25, 0.3) is 6.08 Å². The van der Waals surface area contributed by atoms with E-state index in [1.807, 2.05) is 30.3 Å². The molecule has 0 bridgehead atoms. The average Bonchev–Trinajstić information content (AvgIpc) is 2.72. The summed E-state index contributed by atoms with van der Waals surface area (Å²) >= 11 is 0. The van der Waals surface area contributed by atoms with Crippen molar-refractivity contribution in [1.82, 2.24) is 0 Å². The maximum Gasteiger partial charge on any atom is 0.144 e. The third-order valence-corrected chi connectivity index (χ3v) is 4.93. The highest BCUT2D eigenvalue weighted by Crippen LogP contribution is 2.19. The third-order valence-electron chi connectivity index (χ3n) is 4.93. The second kappa shape index (κ2) is 9.25. The number of aryl methyl sites for hydroxylation is 4. The molecule has 0 saturated heterocycles. The lowest BCUT2D eigenvalue weighted by molar-refractivity contribution is 0.572. The molecular formula is C25H20F3N. The van der Waals surface area contributed by atoms with E-state index in [1.54, 1.807) is 12.1 Å². The van der Waals surface area contributed by atoms with Gasteiger partial charge < -0.3 is 0 Å². The number of rotatable bonds is 7. The fourth-order valence-electron chi connectivity index (χ4n) is 3.21. The predicted octanol–water partition coefficient (Wildman–Crippen LogP) is 6.19. The van der Waals surface area contributed by atoms with Crippen molar-refractivity contribution in [3.63, 3.8) is 0 Å². The highest BCUT2D eigenvalue weighted by molar-refractivity contribution is 5.47. The molecule has 0 aliphatic heterocycles. The number of nitrogens with zero attached hydrogens (tertiary/aromatic N) is 1. The van der Waals surface area contributed by atoms with Crippen LogP contribution < -0.4 is 0 Å². The molecule has 0 radical (unpaired) electrons. The van der Waals surface area contributed by atoms with Gasteiger partial charge in [-0.25, -0.2) is 13.2 Å². The summed E-state index contributed by atoms with van der Waals surface area (Å²) in [6, 6.07) is 17.0. The molecule has 29 heavy (non-hydrogen) atoms. The minimum absolute atomic E-state index is 0.283. The SMILES string of the molecule is C=Cc1ccc(CCc2ccc(CCc3cc(F)c(C#N)c(F)c3)c(F)c2)cc1. The van der Waals surface area contributed by atoms with Crippen LogP contribution in [0.4, 0.5) is 13.2 Å². The largest absolute Gasteiger partial charge is 0.207 e. The van der Waals surface area contributed by atoms with Crippen molar-refractivity contribution in [3.05, 3.63) is 112 Å². The number of nitriles is 1. The zero-order chi connectivity index (χ0) is 20.8. The molecule has 0 saturated carbocycles. The van der Waals surface area contributed by atoms with E-state index in [-0.39, 0.29) is 12.2 Å². The van der Waals surface area contributed by atoms with E-state index in [1.165, 1.54) is 17.7 Å². The highest BCUT2D eigenvalue weighted by atomic mass is 19.1. The Balaban J connectivity index is 1.62. The van der Waals surface area contributed by atoms with Crippen LogP contribution >= 0.6 is 0 Å². The van der Waals surface area contributed by atoms with E-state index >= 15 is 0 Å². The summed E-state index contributed by atoms with van der Waals surface area (Å²) in [6.07, 6.45) is 3.92. The lowest BCUT2D eigenvalue weighted by Gasteiger charge is -2.08. The standard InChI is InChI=1S/C25H20F3N/c1-2-17-3-5-18(6-4-17)7-8-19-9-11-21(23(26)13-19)12-10-20-14-24(27)22(16-29)25(28)15-20/h2-6,9,11,13-15H,1,7-8,10,12H2. The van der Waals surface area contributed by atoms with Crippen LogP contribution in [0.3, 0.4) is 0 Å². The van der Waals surface area contributed by atoms with Crippen LogP contribution in [0.1, 0.15) is 33.4 Å². The van der Waals surface area contributed by atoms with Crippen LogP contribution in [-0.4, -0.2) is 0 Å². The zero-order valence-electron chi connectivity index (χ0n) is 15.9. The summed E-state index contributed by atoms with van der Waals surface area (Å²) in [7, 11) is 0. The van der Waals surface area contributed by atoms with Gasteiger partial charge in [0.25, 0.3) is 0 Å². The van der Waals surface area contributed by atoms with Crippen molar-refractivity contribution in [1.29, 1.82) is 5.26 Å². The molecule has 3 aromatic rings. The molecule has 0 amide bonds. The second-order valence-corrected chi connectivity index (χ2v) is 6.92. The average molecular weight is 391 g/mol. The molecule has 0 spiro atoms. The number of benzene rings is 3. The molecule has 3 rings (SSSR count). The van der Waals surface area contributed by atoms with Gasteiger partial charge in [0, 0.05) is 0 Å². The Morgan fingerprint density at radius 1 is 0.724 bits per heavy atom. The molecule has 0 unspecified atom stereocenters. The molecule has 0 N–H and O–H groups in total. The van der Waals surface area contributed by atoms with E-state index in [0.29, 0.717) is 17.5 Å². The van der Waals surface area contributed by atoms with Gasteiger partial charge in [-0.05, 0) is 71.7 Å². The van der Waals surface area contributed by atoms with Crippen molar-refractivity contribution in [2.75, 3.05) is 0 Å². The Hall–Kier alpha value is -3.32. The quantitative estimate of drug-likeness (QED) is 0.471. The number of hydrogen-bond acceptors (Lipinski definition) is 1. The van der Waals surface area contributed by atoms with Crippen molar-refractivity contribution in [3.8, 4) is 6.07 Å². The van der Waals surface area contributed by atoms with E-state index in [2.05, 4.69) is 6.58 Å². The monoisotopic (exact) mass is 391 g/mol. The molecule has 0 fully saturated rings. The van der Waals surface area contributed by atoms with E-state index in [4.69, 9.17) is 5.26 Å². The fourth-order valence-corrected chi connectivity index (χ4v) is 3.21. The second-order valence-electron chi connectivity index (χ2n) is 6.92. The summed E-state index contributed by atoms with van der Waals surface area (Å²) in [5.41, 5.74) is 3.42. The molecule has 4 heteroatoms.